The van der Waals surface area contributed by atoms with E-state index < -0.39 is 4.75 Å². The minimum atomic E-state index is -0.784. The summed E-state index contributed by atoms with van der Waals surface area (Å²) in [6, 6.07) is 0. The highest BCUT2D eigenvalue weighted by molar-refractivity contribution is 7.96. The molecule has 8 bridgehead atoms. The van der Waals surface area contributed by atoms with Crippen LogP contribution in [0, 0.1) is 46.3 Å². The highest BCUT2D eigenvalue weighted by Crippen LogP contribution is 2.62. The molecule has 8 fully saturated rings. The van der Waals surface area contributed by atoms with Crippen molar-refractivity contribution in [1.82, 2.24) is 4.90 Å². The number of carbonyl (C=O) groups is 1. The molecule has 0 aromatic carbocycles. The zero-order valence-electron chi connectivity index (χ0n) is 19.9. The number of nitrogens with zero attached hydrogens (tertiary/aromatic N) is 1. The molecule has 8 saturated carbocycles. The van der Waals surface area contributed by atoms with E-state index in [1.165, 1.54) is 77.0 Å². The van der Waals surface area contributed by atoms with E-state index in [1.807, 2.05) is 13.8 Å². The Kier molecular flexibility index (Phi) is 5.45. The molecule has 0 radical (unpaired) electrons. The molecule has 6 heteroatoms. The third-order valence-corrected chi connectivity index (χ3v) is 11.2. The van der Waals surface area contributed by atoms with Crippen LogP contribution < -0.4 is 0 Å². The van der Waals surface area contributed by atoms with Crippen molar-refractivity contribution in [3.05, 3.63) is 0 Å². The van der Waals surface area contributed by atoms with Crippen molar-refractivity contribution >= 4 is 17.9 Å². The third kappa shape index (κ3) is 3.95. The molecule has 1 N–H and O–H groups in total. The lowest BCUT2D eigenvalue weighted by molar-refractivity contribution is -0.432. The molecular weight excluding hydrogens is 422 g/mol. The van der Waals surface area contributed by atoms with Gasteiger partial charge in [0.15, 0.2) is 0 Å². The summed E-state index contributed by atoms with van der Waals surface area (Å²) in [5.74, 6) is 5.53. The summed E-state index contributed by atoms with van der Waals surface area (Å²) < 4.78 is 4.00. The van der Waals surface area contributed by atoms with E-state index in [2.05, 4.69) is 9.94 Å². The lowest BCUT2D eigenvalue weighted by Gasteiger charge is -2.60. The normalized spacial score (nSPS) is 46.1. The fraction of sp³-hybridized carbons (Fsp3) is 0.962. The summed E-state index contributed by atoms with van der Waals surface area (Å²) in [7, 11) is 0. The minimum Gasteiger partial charge on any atom is -0.340 e. The van der Waals surface area contributed by atoms with E-state index >= 15 is 0 Å². The molecule has 0 unspecified atom stereocenters. The maximum absolute atomic E-state index is 14.0. The number of hydrogen-bond acceptors (Lipinski definition) is 5. The van der Waals surface area contributed by atoms with Gasteiger partial charge in [0, 0.05) is 13.1 Å². The lowest BCUT2D eigenvalue weighted by Crippen LogP contribution is -2.58. The first-order chi connectivity index (χ1) is 15.3. The fourth-order valence-corrected chi connectivity index (χ4v) is 10.9. The Labute approximate surface area is 197 Å². The number of rotatable bonds is 8. The Morgan fingerprint density at radius 2 is 1.16 bits per heavy atom. The van der Waals surface area contributed by atoms with Gasteiger partial charge in [0.1, 0.15) is 4.75 Å². The molecule has 180 valence electrons. The molecule has 32 heavy (non-hydrogen) atoms. The van der Waals surface area contributed by atoms with Gasteiger partial charge in [-0.1, -0.05) is 5.04 Å². The van der Waals surface area contributed by atoms with E-state index in [1.54, 1.807) is 0 Å². The molecular formula is C26H41NO4S. The van der Waals surface area contributed by atoms with Gasteiger partial charge in [-0.25, -0.2) is 5.26 Å². The Morgan fingerprint density at radius 1 is 0.812 bits per heavy atom. The quantitative estimate of drug-likeness (QED) is 0.268. The fourth-order valence-electron chi connectivity index (χ4n) is 10.5. The standard InChI is InChI=1S/C26H41NO4S/c1-24(2,32-31-30-29)23(28)27(15-25-9-17-3-18(10-25)5-19(4-17)11-25)16-26-12-20-6-21(13-26)8-22(7-20)14-26/h17-22,29H,3-16H2,1-2H3. The van der Waals surface area contributed by atoms with E-state index in [0.717, 1.165) is 60.6 Å². The SMILES string of the molecule is CC(C)(SOOO)C(=O)N(CC12CC3CC(CC(C3)C1)C2)CC12CC3CC(CC(C3)C1)C2. The van der Waals surface area contributed by atoms with Crippen LogP contribution in [0.15, 0.2) is 0 Å². The van der Waals surface area contributed by atoms with Crippen LogP contribution >= 0.6 is 12.0 Å². The first kappa shape index (κ1) is 22.2. The molecule has 0 heterocycles. The second-order valence-corrected chi connectivity index (χ2v) is 15.1. The predicted molar refractivity (Wildman–Crippen MR) is 124 cm³/mol. The summed E-state index contributed by atoms with van der Waals surface area (Å²) in [6.45, 7) is 5.68. The molecule has 8 aliphatic carbocycles. The predicted octanol–water partition coefficient (Wildman–Crippen LogP) is 6.10. The topological polar surface area (TPSA) is 59.0 Å². The van der Waals surface area contributed by atoms with Gasteiger partial charge < -0.3 is 4.90 Å². The summed E-state index contributed by atoms with van der Waals surface area (Å²) in [6.07, 6.45) is 16.6. The summed E-state index contributed by atoms with van der Waals surface area (Å²) in [4.78, 5) is 16.3. The van der Waals surface area contributed by atoms with Crippen LogP contribution in [0.2, 0.25) is 0 Å². The number of carbonyl (C=O) groups excluding carboxylic acids is 1. The van der Waals surface area contributed by atoms with Crippen molar-refractivity contribution in [3.8, 4) is 0 Å². The number of amides is 1. The monoisotopic (exact) mass is 463 g/mol. The highest BCUT2D eigenvalue weighted by Gasteiger charge is 2.55. The number of hydrogen-bond donors (Lipinski definition) is 1. The molecule has 5 nitrogen and oxygen atoms in total. The summed E-state index contributed by atoms with van der Waals surface area (Å²) >= 11 is 0.937. The Bertz CT molecular complexity index is 636. The van der Waals surface area contributed by atoms with Gasteiger partial charge in [-0.05, 0) is 137 Å². The van der Waals surface area contributed by atoms with Crippen LogP contribution in [-0.4, -0.2) is 33.9 Å². The third-order valence-electron chi connectivity index (χ3n) is 10.5. The Balaban J connectivity index is 1.26. The van der Waals surface area contributed by atoms with Crippen molar-refractivity contribution in [3.63, 3.8) is 0 Å². The van der Waals surface area contributed by atoms with Gasteiger partial charge in [-0.2, -0.15) is 0 Å². The van der Waals surface area contributed by atoms with Crippen LogP contribution in [0.1, 0.15) is 90.9 Å². The Hall–Kier alpha value is -0.300. The van der Waals surface area contributed by atoms with E-state index in [4.69, 9.17) is 9.59 Å². The first-order valence-corrected chi connectivity index (χ1v) is 13.9. The van der Waals surface area contributed by atoms with Crippen molar-refractivity contribution in [1.29, 1.82) is 0 Å². The van der Waals surface area contributed by atoms with Crippen LogP contribution in [0.3, 0.4) is 0 Å². The molecule has 0 aromatic heterocycles. The van der Waals surface area contributed by atoms with Gasteiger partial charge >= 0.3 is 0 Å². The maximum atomic E-state index is 14.0. The average molecular weight is 464 g/mol. The molecule has 0 aliphatic heterocycles. The zero-order valence-corrected chi connectivity index (χ0v) is 20.7. The van der Waals surface area contributed by atoms with Crippen molar-refractivity contribution < 1.29 is 19.4 Å². The smallest absolute Gasteiger partial charge is 0.240 e. The molecule has 0 atom stereocenters. The molecule has 8 aliphatic rings. The molecule has 1 amide bonds. The minimum absolute atomic E-state index is 0.158. The Morgan fingerprint density at radius 3 is 1.47 bits per heavy atom. The highest BCUT2D eigenvalue weighted by atomic mass is 32.2. The van der Waals surface area contributed by atoms with Crippen molar-refractivity contribution in [2.45, 2.75) is 95.6 Å². The molecule has 0 spiro atoms. The first-order valence-electron chi connectivity index (χ1n) is 13.2. The van der Waals surface area contributed by atoms with Crippen LogP contribution in [-0.2, 0) is 14.2 Å². The van der Waals surface area contributed by atoms with Crippen LogP contribution in [0.25, 0.3) is 0 Å². The average Bonchev–Trinajstić information content (AvgIpc) is 2.69. The zero-order chi connectivity index (χ0) is 22.1. The lowest BCUT2D eigenvalue weighted by atomic mass is 9.48. The van der Waals surface area contributed by atoms with E-state index in [9.17, 15) is 4.79 Å². The van der Waals surface area contributed by atoms with Gasteiger partial charge in [0.25, 0.3) is 0 Å². The second-order valence-electron chi connectivity index (χ2n) is 13.7. The van der Waals surface area contributed by atoms with Crippen molar-refractivity contribution in [2.24, 2.45) is 46.3 Å². The molecule has 0 saturated heterocycles. The molecule has 0 aromatic rings. The van der Waals surface area contributed by atoms with Gasteiger partial charge in [0.05, 0.1) is 12.0 Å². The second kappa shape index (κ2) is 7.86. The summed E-state index contributed by atoms with van der Waals surface area (Å²) in [5.41, 5.74) is 0.670. The van der Waals surface area contributed by atoms with Crippen LogP contribution in [0.5, 0.6) is 0 Å². The van der Waals surface area contributed by atoms with E-state index in [0.29, 0.717) is 10.8 Å². The van der Waals surface area contributed by atoms with Gasteiger partial charge in [0.2, 0.25) is 5.91 Å². The largest absolute Gasteiger partial charge is 0.340 e. The van der Waals surface area contributed by atoms with Crippen molar-refractivity contribution in [2.75, 3.05) is 13.1 Å². The summed E-state index contributed by atoms with van der Waals surface area (Å²) in [5, 5.41) is 12.6. The van der Waals surface area contributed by atoms with Crippen LogP contribution in [0.4, 0.5) is 0 Å². The van der Waals surface area contributed by atoms with E-state index in [-0.39, 0.29) is 5.91 Å². The maximum Gasteiger partial charge on any atom is 0.240 e. The molecule has 8 rings (SSSR count). The van der Waals surface area contributed by atoms with Gasteiger partial charge in [-0.15, -0.1) is 4.33 Å². The van der Waals surface area contributed by atoms with Gasteiger partial charge in [-0.3, -0.25) is 4.79 Å².